The van der Waals surface area contributed by atoms with Gasteiger partial charge in [-0.15, -0.1) is 0 Å². The van der Waals surface area contributed by atoms with Crippen LogP contribution in [0.2, 0.25) is 0 Å². The maximum Gasteiger partial charge on any atom is 0.123 e. The molecule has 178 valence electrons. The molecule has 0 aliphatic carbocycles. The molecule has 1 unspecified atom stereocenters. The molecule has 2 aliphatic heterocycles. The number of halogens is 2. The molecule has 2 saturated heterocycles. The molecule has 2 bridgehead atoms. The Morgan fingerprint density at radius 3 is 1.82 bits per heavy atom. The fraction of sp³-hybridized carbons (Fsp3) is 0.400. The van der Waals surface area contributed by atoms with Crippen LogP contribution < -0.4 is 4.90 Å². The van der Waals surface area contributed by atoms with Gasteiger partial charge in [-0.25, -0.2) is 8.78 Å². The van der Waals surface area contributed by atoms with Crippen LogP contribution >= 0.6 is 0 Å². The lowest BCUT2D eigenvalue weighted by atomic mass is 9.96. The first-order valence-corrected chi connectivity index (χ1v) is 12.6. The maximum absolute atomic E-state index is 13.6. The molecule has 2 aliphatic rings. The Labute approximate surface area is 201 Å². The Morgan fingerprint density at radius 2 is 1.32 bits per heavy atom. The SMILES string of the molecule is CCCCc1ccc(N2[C@@H]3CC[C@H]2CC(OC(c2ccc(F)cc2)c2ccc(F)cc2)C3)cc1. The Bertz CT molecular complexity index is 1000. The van der Waals surface area contributed by atoms with E-state index in [0.29, 0.717) is 12.1 Å². The summed E-state index contributed by atoms with van der Waals surface area (Å²) in [7, 11) is 0. The van der Waals surface area contributed by atoms with Crippen molar-refractivity contribution >= 4 is 5.69 Å². The standard InChI is InChI=1S/C30H33F2NO/c1-2-3-4-21-5-15-26(16-6-21)33-27-17-18-28(33)20-29(19-27)34-30(22-7-11-24(31)12-8-22)23-9-13-25(32)14-10-23/h5-16,27-30H,2-4,17-20H2,1H3/t27-,28+,29?. The zero-order valence-corrected chi connectivity index (χ0v) is 19.8. The number of anilines is 1. The minimum Gasteiger partial charge on any atom is -0.365 e. The van der Waals surface area contributed by atoms with Gasteiger partial charge < -0.3 is 9.64 Å². The van der Waals surface area contributed by atoms with E-state index in [1.54, 1.807) is 24.3 Å². The molecular formula is C30H33F2NO. The molecule has 4 heteroatoms. The Morgan fingerprint density at radius 1 is 0.794 bits per heavy atom. The number of hydrogen-bond donors (Lipinski definition) is 0. The number of nitrogens with zero attached hydrogens (tertiary/aromatic N) is 1. The molecule has 0 aromatic heterocycles. The van der Waals surface area contributed by atoms with E-state index in [-0.39, 0.29) is 23.8 Å². The van der Waals surface area contributed by atoms with Gasteiger partial charge in [-0.3, -0.25) is 0 Å². The van der Waals surface area contributed by atoms with Gasteiger partial charge in [0, 0.05) is 17.8 Å². The molecule has 0 N–H and O–H groups in total. The first-order valence-electron chi connectivity index (χ1n) is 12.6. The molecule has 34 heavy (non-hydrogen) atoms. The van der Waals surface area contributed by atoms with Crippen LogP contribution in [0.4, 0.5) is 14.5 Å². The maximum atomic E-state index is 13.6. The van der Waals surface area contributed by atoms with E-state index in [2.05, 4.69) is 36.1 Å². The second-order valence-corrected chi connectivity index (χ2v) is 9.77. The molecular weight excluding hydrogens is 428 g/mol. The zero-order valence-electron chi connectivity index (χ0n) is 19.8. The van der Waals surface area contributed by atoms with Gasteiger partial charge in [0.05, 0.1) is 6.10 Å². The average molecular weight is 462 g/mol. The highest BCUT2D eigenvalue weighted by molar-refractivity contribution is 5.51. The van der Waals surface area contributed by atoms with Crippen molar-refractivity contribution in [1.29, 1.82) is 0 Å². The van der Waals surface area contributed by atoms with E-state index in [4.69, 9.17) is 4.74 Å². The first kappa shape index (κ1) is 23.0. The van der Waals surface area contributed by atoms with Crippen LogP contribution in [0, 0.1) is 11.6 Å². The smallest absolute Gasteiger partial charge is 0.123 e. The summed E-state index contributed by atoms with van der Waals surface area (Å²) in [5.74, 6) is -0.539. The number of unbranched alkanes of at least 4 members (excludes halogenated alkanes) is 1. The summed E-state index contributed by atoms with van der Waals surface area (Å²) in [5.41, 5.74) is 4.52. The quantitative estimate of drug-likeness (QED) is 0.342. The van der Waals surface area contributed by atoms with Gasteiger partial charge in [0.25, 0.3) is 0 Å². The summed E-state index contributed by atoms with van der Waals surface area (Å²) in [4.78, 5) is 2.61. The van der Waals surface area contributed by atoms with Crippen LogP contribution in [0.3, 0.4) is 0 Å². The highest BCUT2D eigenvalue weighted by atomic mass is 19.1. The normalized spacial score (nSPS) is 21.9. The van der Waals surface area contributed by atoms with E-state index in [9.17, 15) is 8.78 Å². The second kappa shape index (κ2) is 10.3. The van der Waals surface area contributed by atoms with Gasteiger partial charge in [0.15, 0.2) is 0 Å². The number of rotatable bonds is 8. The molecule has 3 atom stereocenters. The van der Waals surface area contributed by atoms with E-state index >= 15 is 0 Å². The molecule has 3 aromatic carbocycles. The Kier molecular flexibility index (Phi) is 6.96. The van der Waals surface area contributed by atoms with Gasteiger partial charge >= 0.3 is 0 Å². The lowest BCUT2D eigenvalue weighted by molar-refractivity contribution is -0.0132. The van der Waals surface area contributed by atoms with Gasteiger partial charge in [-0.2, -0.15) is 0 Å². The highest BCUT2D eigenvalue weighted by Gasteiger charge is 2.42. The van der Waals surface area contributed by atoms with E-state index < -0.39 is 0 Å². The number of ether oxygens (including phenoxy) is 1. The zero-order chi connectivity index (χ0) is 23.5. The third-order valence-electron chi connectivity index (χ3n) is 7.42. The first-order chi connectivity index (χ1) is 16.6. The molecule has 0 amide bonds. The monoisotopic (exact) mass is 461 g/mol. The number of fused-ring (bicyclic) bond motifs is 2. The van der Waals surface area contributed by atoms with Gasteiger partial charge in [0.2, 0.25) is 0 Å². The molecule has 0 spiro atoms. The summed E-state index contributed by atoms with van der Waals surface area (Å²) in [6.45, 7) is 2.23. The summed E-state index contributed by atoms with van der Waals surface area (Å²) in [6.07, 6.45) is 7.66. The second-order valence-electron chi connectivity index (χ2n) is 9.77. The molecule has 0 radical (unpaired) electrons. The minimum absolute atomic E-state index is 0.109. The summed E-state index contributed by atoms with van der Waals surface area (Å²) in [6, 6.07) is 23.0. The van der Waals surface area contributed by atoms with Crippen molar-refractivity contribution in [3.8, 4) is 0 Å². The van der Waals surface area contributed by atoms with Crippen LogP contribution in [-0.4, -0.2) is 18.2 Å². The van der Waals surface area contributed by atoms with Crippen LogP contribution in [-0.2, 0) is 11.2 Å². The number of hydrogen-bond acceptors (Lipinski definition) is 2. The van der Waals surface area contributed by atoms with Crippen LogP contribution in [0.5, 0.6) is 0 Å². The van der Waals surface area contributed by atoms with Crippen LogP contribution in [0.15, 0.2) is 72.8 Å². The van der Waals surface area contributed by atoms with Crippen molar-refractivity contribution in [1.82, 2.24) is 0 Å². The van der Waals surface area contributed by atoms with Crippen molar-refractivity contribution in [2.45, 2.75) is 76.2 Å². The third kappa shape index (κ3) is 5.02. The van der Waals surface area contributed by atoms with E-state index in [1.807, 2.05) is 0 Å². The number of piperidine rings is 1. The van der Waals surface area contributed by atoms with Crippen molar-refractivity contribution in [2.75, 3.05) is 4.90 Å². The summed E-state index contributed by atoms with van der Waals surface area (Å²) in [5, 5.41) is 0. The molecule has 2 nitrogen and oxygen atoms in total. The Balaban J connectivity index is 1.32. The average Bonchev–Trinajstić information content (AvgIpc) is 3.12. The summed E-state index contributed by atoms with van der Waals surface area (Å²) >= 11 is 0. The largest absolute Gasteiger partial charge is 0.365 e. The summed E-state index contributed by atoms with van der Waals surface area (Å²) < 4.78 is 33.8. The number of benzene rings is 3. The van der Waals surface area contributed by atoms with Gasteiger partial charge in [0.1, 0.15) is 17.7 Å². The fourth-order valence-electron chi connectivity index (χ4n) is 5.69. The predicted molar refractivity (Wildman–Crippen MR) is 133 cm³/mol. The molecule has 5 rings (SSSR count). The van der Waals surface area contributed by atoms with Crippen molar-refractivity contribution < 1.29 is 13.5 Å². The fourth-order valence-corrected chi connectivity index (χ4v) is 5.69. The molecule has 2 heterocycles. The van der Waals surface area contributed by atoms with Crippen molar-refractivity contribution in [2.24, 2.45) is 0 Å². The van der Waals surface area contributed by atoms with Crippen LogP contribution in [0.1, 0.15) is 68.2 Å². The molecule has 3 aromatic rings. The Hall–Kier alpha value is -2.72. The molecule has 2 fully saturated rings. The van der Waals surface area contributed by atoms with Crippen molar-refractivity contribution in [3.63, 3.8) is 0 Å². The van der Waals surface area contributed by atoms with Gasteiger partial charge in [-0.05, 0) is 91.6 Å². The molecule has 0 saturated carbocycles. The predicted octanol–water partition coefficient (Wildman–Crippen LogP) is 7.61. The van der Waals surface area contributed by atoms with Gasteiger partial charge in [-0.1, -0.05) is 49.7 Å². The van der Waals surface area contributed by atoms with E-state index in [1.165, 1.54) is 61.2 Å². The number of aryl methyl sites for hydroxylation is 1. The third-order valence-corrected chi connectivity index (χ3v) is 7.42. The topological polar surface area (TPSA) is 12.5 Å². The van der Waals surface area contributed by atoms with Crippen molar-refractivity contribution in [3.05, 3.63) is 101 Å². The lowest BCUT2D eigenvalue weighted by Crippen LogP contribution is -2.45. The lowest BCUT2D eigenvalue weighted by Gasteiger charge is -2.41. The minimum atomic E-state index is -0.338. The highest BCUT2D eigenvalue weighted by Crippen LogP contribution is 2.42. The van der Waals surface area contributed by atoms with Crippen LogP contribution in [0.25, 0.3) is 0 Å². The van der Waals surface area contributed by atoms with E-state index in [0.717, 1.165) is 30.4 Å².